The predicted molar refractivity (Wildman–Crippen MR) is 81.6 cm³/mol. The number of benzene rings is 1. The summed E-state index contributed by atoms with van der Waals surface area (Å²) in [6, 6.07) is 7.96. The van der Waals surface area contributed by atoms with E-state index in [1.54, 1.807) is 7.05 Å². The van der Waals surface area contributed by atoms with E-state index in [-0.39, 0.29) is 16.8 Å². The van der Waals surface area contributed by atoms with Gasteiger partial charge >= 0.3 is 5.69 Å². The minimum atomic E-state index is -0.301. The van der Waals surface area contributed by atoms with E-state index in [2.05, 4.69) is 16.3 Å². The first-order valence-corrected chi connectivity index (χ1v) is 7.63. The molecule has 0 fully saturated rings. The molecular weight excluding hydrogens is 288 g/mol. The number of aromatic nitrogens is 3. The Bertz CT molecular complexity index is 737. The number of nitrogens with zero attached hydrogens (tertiary/aromatic N) is 3. The van der Waals surface area contributed by atoms with Crippen LogP contribution >= 0.6 is 11.8 Å². The molecule has 21 heavy (non-hydrogen) atoms. The van der Waals surface area contributed by atoms with Gasteiger partial charge < -0.3 is 4.90 Å². The summed E-state index contributed by atoms with van der Waals surface area (Å²) in [6.45, 7) is 2.55. The molecule has 1 N–H and O–H groups in total. The van der Waals surface area contributed by atoms with Crippen LogP contribution in [0, 0.1) is 0 Å². The average molecular weight is 304 g/mol. The van der Waals surface area contributed by atoms with E-state index < -0.39 is 0 Å². The van der Waals surface area contributed by atoms with Gasteiger partial charge in [0.15, 0.2) is 5.16 Å². The number of carbonyl (C=O) groups excluding carboxylic acids is 1. The summed E-state index contributed by atoms with van der Waals surface area (Å²) < 4.78 is 1.41. The van der Waals surface area contributed by atoms with Crippen molar-refractivity contribution in [3.63, 3.8) is 0 Å². The lowest BCUT2D eigenvalue weighted by atomic mass is 10.2. The van der Waals surface area contributed by atoms with Gasteiger partial charge in [-0.25, -0.2) is 9.89 Å². The van der Waals surface area contributed by atoms with Crippen LogP contribution in [0.5, 0.6) is 0 Å². The maximum atomic E-state index is 12.6. The van der Waals surface area contributed by atoms with Crippen LogP contribution in [0.15, 0.2) is 34.2 Å². The monoisotopic (exact) mass is 304 g/mol. The lowest BCUT2D eigenvalue weighted by Gasteiger charge is -2.20. The summed E-state index contributed by atoms with van der Waals surface area (Å²) in [6.07, 6.45) is 0.889. The van der Waals surface area contributed by atoms with Crippen molar-refractivity contribution in [3.8, 4) is 0 Å². The van der Waals surface area contributed by atoms with Crippen molar-refractivity contribution in [2.45, 2.75) is 23.8 Å². The highest BCUT2D eigenvalue weighted by molar-refractivity contribution is 8.00. The van der Waals surface area contributed by atoms with Crippen LogP contribution in [0.1, 0.15) is 12.5 Å². The molecule has 0 saturated heterocycles. The molecule has 1 aromatic carbocycles. The van der Waals surface area contributed by atoms with Gasteiger partial charge in [0, 0.05) is 19.3 Å². The second-order valence-electron chi connectivity index (χ2n) is 5.00. The van der Waals surface area contributed by atoms with Crippen LogP contribution in [-0.2, 0) is 18.3 Å². The van der Waals surface area contributed by atoms with Gasteiger partial charge in [-0.05, 0) is 25.0 Å². The number of amides is 1. The Labute approximate surface area is 126 Å². The minimum absolute atomic E-state index is 0.0420. The number of aromatic amines is 1. The first-order chi connectivity index (χ1) is 10.1. The first kappa shape index (κ1) is 13.9. The van der Waals surface area contributed by atoms with Crippen molar-refractivity contribution < 1.29 is 4.79 Å². The van der Waals surface area contributed by atoms with Gasteiger partial charge in [0.1, 0.15) is 0 Å². The Morgan fingerprint density at radius 1 is 1.43 bits per heavy atom. The molecule has 1 atom stereocenters. The van der Waals surface area contributed by atoms with Crippen LogP contribution in [0.3, 0.4) is 0 Å². The summed E-state index contributed by atoms with van der Waals surface area (Å²) >= 11 is 1.29. The molecule has 2 aromatic rings. The number of hydrogen-bond acceptors (Lipinski definition) is 4. The number of thioether (sulfide) groups is 1. The Balaban J connectivity index is 1.77. The van der Waals surface area contributed by atoms with Gasteiger partial charge in [0.2, 0.25) is 5.91 Å². The molecule has 0 unspecified atom stereocenters. The molecule has 1 amide bonds. The zero-order chi connectivity index (χ0) is 15.0. The fraction of sp³-hybridized carbons (Fsp3) is 0.357. The van der Waals surface area contributed by atoms with Crippen molar-refractivity contribution in [2.24, 2.45) is 7.05 Å². The molecular formula is C14H16N4O2S. The SMILES string of the molecule is C[C@H](Sc1n[nH]c(=O)n1C)C(=O)N1CCc2ccccc21. The van der Waals surface area contributed by atoms with Crippen molar-refractivity contribution in [1.29, 1.82) is 0 Å². The van der Waals surface area contributed by atoms with Gasteiger partial charge in [-0.15, -0.1) is 5.10 Å². The summed E-state index contributed by atoms with van der Waals surface area (Å²) in [5.74, 6) is 0.0420. The molecule has 110 valence electrons. The quantitative estimate of drug-likeness (QED) is 0.864. The van der Waals surface area contributed by atoms with E-state index in [1.807, 2.05) is 30.0 Å². The van der Waals surface area contributed by atoms with Crippen molar-refractivity contribution in [2.75, 3.05) is 11.4 Å². The van der Waals surface area contributed by atoms with Gasteiger partial charge in [0.25, 0.3) is 0 Å². The number of nitrogens with one attached hydrogen (secondary N) is 1. The Kier molecular flexibility index (Phi) is 3.59. The van der Waals surface area contributed by atoms with Crippen LogP contribution in [0.2, 0.25) is 0 Å². The summed E-state index contributed by atoms with van der Waals surface area (Å²) in [7, 11) is 1.64. The predicted octanol–water partition coefficient (Wildman–Crippen LogP) is 1.18. The molecule has 1 aliphatic heterocycles. The Morgan fingerprint density at radius 2 is 2.19 bits per heavy atom. The summed E-state index contributed by atoms with van der Waals surface area (Å²) in [4.78, 5) is 25.8. The van der Waals surface area contributed by atoms with Crippen molar-refractivity contribution >= 4 is 23.4 Å². The molecule has 0 spiro atoms. The lowest BCUT2D eigenvalue weighted by Crippen LogP contribution is -2.35. The van der Waals surface area contributed by atoms with Gasteiger partial charge in [-0.3, -0.25) is 9.36 Å². The number of carbonyl (C=O) groups is 1. The van der Waals surface area contributed by atoms with E-state index in [0.29, 0.717) is 11.7 Å². The number of rotatable bonds is 3. The van der Waals surface area contributed by atoms with Gasteiger partial charge in [-0.2, -0.15) is 0 Å². The molecule has 6 nitrogen and oxygen atoms in total. The fourth-order valence-electron chi connectivity index (χ4n) is 2.43. The maximum Gasteiger partial charge on any atom is 0.343 e. The van der Waals surface area contributed by atoms with E-state index in [4.69, 9.17) is 0 Å². The third kappa shape index (κ3) is 2.49. The maximum absolute atomic E-state index is 12.6. The van der Waals surface area contributed by atoms with E-state index in [1.165, 1.54) is 21.9 Å². The number of hydrogen-bond donors (Lipinski definition) is 1. The molecule has 0 aliphatic carbocycles. The second kappa shape index (κ2) is 5.40. The molecule has 1 aliphatic rings. The first-order valence-electron chi connectivity index (χ1n) is 6.75. The second-order valence-corrected chi connectivity index (χ2v) is 6.31. The third-order valence-corrected chi connectivity index (χ3v) is 4.75. The highest BCUT2D eigenvalue weighted by atomic mass is 32.2. The zero-order valence-electron chi connectivity index (χ0n) is 11.9. The Hall–Kier alpha value is -2.02. The van der Waals surface area contributed by atoms with Crippen LogP contribution in [0.4, 0.5) is 5.69 Å². The smallest absolute Gasteiger partial charge is 0.311 e. The lowest BCUT2D eigenvalue weighted by molar-refractivity contribution is -0.117. The molecule has 0 bridgehead atoms. The molecule has 0 saturated carbocycles. The number of para-hydroxylation sites is 1. The van der Waals surface area contributed by atoms with Crippen molar-refractivity contribution in [3.05, 3.63) is 40.3 Å². The van der Waals surface area contributed by atoms with Crippen LogP contribution in [-0.4, -0.2) is 32.5 Å². The fourth-order valence-corrected chi connectivity index (χ4v) is 3.32. The van der Waals surface area contributed by atoms with Crippen LogP contribution in [0.25, 0.3) is 0 Å². The third-order valence-electron chi connectivity index (χ3n) is 3.62. The molecule has 2 heterocycles. The van der Waals surface area contributed by atoms with E-state index >= 15 is 0 Å². The van der Waals surface area contributed by atoms with Gasteiger partial charge in [0.05, 0.1) is 5.25 Å². The average Bonchev–Trinajstić information content (AvgIpc) is 3.05. The largest absolute Gasteiger partial charge is 0.343 e. The minimum Gasteiger partial charge on any atom is -0.311 e. The molecule has 1 aromatic heterocycles. The Morgan fingerprint density at radius 3 is 2.90 bits per heavy atom. The van der Waals surface area contributed by atoms with Crippen LogP contribution < -0.4 is 10.6 Å². The molecule has 3 rings (SSSR count). The normalized spacial score (nSPS) is 15.0. The van der Waals surface area contributed by atoms with E-state index in [9.17, 15) is 9.59 Å². The van der Waals surface area contributed by atoms with Gasteiger partial charge in [-0.1, -0.05) is 30.0 Å². The highest BCUT2D eigenvalue weighted by Crippen LogP contribution is 2.30. The summed E-state index contributed by atoms with van der Waals surface area (Å²) in [5.41, 5.74) is 1.92. The number of anilines is 1. The number of H-pyrrole nitrogens is 1. The molecule has 7 heteroatoms. The van der Waals surface area contributed by atoms with Crippen molar-refractivity contribution in [1.82, 2.24) is 14.8 Å². The summed E-state index contributed by atoms with van der Waals surface area (Å²) in [5, 5.41) is 6.53. The topological polar surface area (TPSA) is 71.0 Å². The highest BCUT2D eigenvalue weighted by Gasteiger charge is 2.29. The number of fused-ring (bicyclic) bond motifs is 1. The molecule has 0 radical (unpaired) electrons. The van der Waals surface area contributed by atoms with E-state index in [0.717, 1.165) is 12.1 Å². The zero-order valence-corrected chi connectivity index (χ0v) is 12.7. The standard InChI is InChI=1S/C14H16N4O2S/c1-9(21-14-16-15-13(20)17(14)2)12(19)18-8-7-10-5-3-4-6-11(10)18/h3-6,9H,7-8H2,1-2H3,(H,15,20)/t9-/m0/s1.